The fourth-order valence-corrected chi connectivity index (χ4v) is 1.32. The molecule has 1 aromatic carbocycles. The molecule has 86 valence electrons. The van der Waals surface area contributed by atoms with Gasteiger partial charge in [-0.2, -0.15) is 5.26 Å². The summed E-state index contributed by atoms with van der Waals surface area (Å²) in [5.41, 5.74) is 1.69. The molecule has 0 bridgehead atoms. The Kier molecular flexibility index (Phi) is 6.19. The zero-order chi connectivity index (χ0) is 11.6. The molecule has 1 aromatic rings. The van der Waals surface area contributed by atoms with Crippen LogP contribution in [-0.2, 0) is 11.3 Å². The molecule has 0 aliphatic rings. The SMILES string of the molecule is N#Cc1ccccc1CNCCOCCO. The van der Waals surface area contributed by atoms with E-state index in [1.165, 1.54) is 0 Å². The smallest absolute Gasteiger partial charge is 0.0995 e. The van der Waals surface area contributed by atoms with Crippen LogP contribution in [0.2, 0.25) is 0 Å². The number of rotatable bonds is 7. The molecule has 16 heavy (non-hydrogen) atoms. The Morgan fingerprint density at radius 1 is 1.31 bits per heavy atom. The fourth-order valence-electron chi connectivity index (χ4n) is 1.32. The Balaban J connectivity index is 2.24. The second-order valence-corrected chi connectivity index (χ2v) is 3.28. The van der Waals surface area contributed by atoms with Crippen molar-refractivity contribution in [2.75, 3.05) is 26.4 Å². The lowest BCUT2D eigenvalue weighted by Crippen LogP contribution is -2.20. The maximum absolute atomic E-state index is 8.86. The van der Waals surface area contributed by atoms with Crippen LogP contribution in [0.25, 0.3) is 0 Å². The number of aliphatic hydroxyl groups is 1. The molecule has 0 aliphatic heterocycles. The average molecular weight is 220 g/mol. The van der Waals surface area contributed by atoms with Gasteiger partial charge < -0.3 is 15.2 Å². The predicted molar refractivity (Wildman–Crippen MR) is 60.8 cm³/mol. The highest BCUT2D eigenvalue weighted by Crippen LogP contribution is 2.06. The Morgan fingerprint density at radius 3 is 2.88 bits per heavy atom. The second kappa shape index (κ2) is 7.83. The fraction of sp³-hybridized carbons (Fsp3) is 0.417. The van der Waals surface area contributed by atoms with Gasteiger partial charge in [-0.3, -0.25) is 0 Å². The molecule has 0 unspecified atom stereocenters. The summed E-state index contributed by atoms with van der Waals surface area (Å²) in [4.78, 5) is 0. The molecular weight excluding hydrogens is 204 g/mol. The molecule has 0 spiro atoms. The number of aliphatic hydroxyl groups excluding tert-OH is 1. The molecule has 4 heteroatoms. The molecule has 0 radical (unpaired) electrons. The number of hydrogen-bond acceptors (Lipinski definition) is 4. The number of nitriles is 1. The van der Waals surface area contributed by atoms with Crippen molar-refractivity contribution in [1.29, 1.82) is 5.26 Å². The van der Waals surface area contributed by atoms with Gasteiger partial charge in [0.05, 0.1) is 31.5 Å². The van der Waals surface area contributed by atoms with Crippen molar-refractivity contribution >= 4 is 0 Å². The van der Waals surface area contributed by atoms with Crippen LogP contribution in [0.4, 0.5) is 0 Å². The predicted octanol–water partition coefficient (Wildman–Crippen LogP) is 0.657. The normalized spacial score (nSPS) is 10.0. The molecular formula is C12H16N2O2. The molecule has 4 nitrogen and oxygen atoms in total. The van der Waals surface area contributed by atoms with Crippen LogP contribution in [-0.4, -0.2) is 31.5 Å². The summed E-state index contributed by atoms with van der Waals surface area (Å²) in [6, 6.07) is 9.66. The summed E-state index contributed by atoms with van der Waals surface area (Å²) < 4.78 is 5.10. The van der Waals surface area contributed by atoms with E-state index in [-0.39, 0.29) is 6.61 Å². The van der Waals surface area contributed by atoms with Crippen molar-refractivity contribution in [3.63, 3.8) is 0 Å². The molecule has 0 atom stereocenters. The minimum absolute atomic E-state index is 0.0528. The summed E-state index contributed by atoms with van der Waals surface area (Å²) in [5, 5.41) is 20.5. The summed E-state index contributed by atoms with van der Waals surface area (Å²) in [6.07, 6.45) is 0. The lowest BCUT2D eigenvalue weighted by Gasteiger charge is -2.06. The zero-order valence-electron chi connectivity index (χ0n) is 9.15. The van der Waals surface area contributed by atoms with Crippen molar-refractivity contribution in [3.05, 3.63) is 35.4 Å². The van der Waals surface area contributed by atoms with Gasteiger partial charge in [0.1, 0.15) is 0 Å². The first-order valence-corrected chi connectivity index (χ1v) is 5.26. The number of benzene rings is 1. The molecule has 0 heterocycles. The van der Waals surface area contributed by atoms with Crippen molar-refractivity contribution in [2.24, 2.45) is 0 Å². The van der Waals surface area contributed by atoms with E-state index < -0.39 is 0 Å². The first-order chi connectivity index (χ1) is 7.88. The number of nitrogens with one attached hydrogen (secondary N) is 1. The molecule has 0 amide bonds. The first-order valence-electron chi connectivity index (χ1n) is 5.26. The lowest BCUT2D eigenvalue weighted by molar-refractivity contribution is 0.0938. The molecule has 0 aliphatic carbocycles. The highest BCUT2D eigenvalue weighted by Gasteiger charge is 1.99. The van der Waals surface area contributed by atoms with Crippen molar-refractivity contribution in [2.45, 2.75) is 6.54 Å². The van der Waals surface area contributed by atoms with E-state index in [0.29, 0.717) is 31.9 Å². The summed E-state index contributed by atoms with van der Waals surface area (Å²) in [7, 11) is 0. The Hall–Kier alpha value is -1.41. The van der Waals surface area contributed by atoms with Crippen LogP contribution in [0.1, 0.15) is 11.1 Å². The van der Waals surface area contributed by atoms with E-state index in [9.17, 15) is 0 Å². The zero-order valence-corrected chi connectivity index (χ0v) is 9.15. The van der Waals surface area contributed by atoms with E-state index in [1.807, 2.05) is 18.2 Å². The van der Waals surface area contributed by atoms with Crippen LogP contribution < -0.4 is 5.32 Å². The molecule has 0 saturated heterocycles. The van der Waals surface area contributed by atoms with E-state index >= 15 is 0 Å². The summed E-state index contributed by atoms with van der Waals surface area (Å²) >= 11 is 0. The van der Waals surface area contributed by atoms with E-state index in [2.05, 4.69) is 11.4 Å². The number of ether oxygens (including phenoxy) is 1. The van der Waals surface area contributed by atoms with Crippen LogP contribution in [0.3, 0.4) is 0 Å². The van der Waals surface area contributed by atoms with Gasteiger partial charge in [-0.15, -0.1) is 0 Å². The molecule has 0 fully saturated rings. The van der Waals surface area contributed by atoms with E-state index in [0.717, 1.165) is 5.56 Å². The molecule has 1 rings (SSSR count). The third-order valence-corrected chi connectivity index (χ3v) is 2.11. The quantitative estimate of drug-likeness (QED) is 0.662. The standard InChI is InChI=1S/C12H16N2O2/c13-9-11-3-1-2-4-12(11)10-14-5-7-16-8-6-15/h1-4,14-15H,5-8,10H2. The Bertz CT molecular complexity index is 347. The number of hydrogen-bond donors (Lipinski definition) is 2. The third-order valence-electron chi connectivity index (χ3n) is 2.11. The highest BCUT2D eigenvalue weighted by atomic mass is 16.5. The Morgan fingerprint density at radius 2 is 2.12 bits per heavy atom. The highest BCUT2D eigenvalue weighted by molar-refractivity contribution is 5.37. The average Bonchev–Trinajstić information content (AvgIpc) is 2.34. The second-order valence-electron chi connectivity index (χ2n) is 3.28. The summed E-state index contributed by atoms with van der Waals surface area (Å²) in [6.45, 7) is 2.36. The van der Waals surface area contributed by atoms with Crippen molar-refractivity contribution in [3.8, 4) is 6.07 Å². The minimum atomic E-state index is 0.0528. The van der Waals surface area contributed by atoms with Gasteiger partial charge in [0, 0.05) is 13.1 Å². The van der Waals surface area contributed by atoms with Crippen molar-refractivity contribution in [1.82, 2.24) is 5.32 Å². The van der Waals surface area contributed by atoms with Gasteiger partial charge in [-0.1, -0.05) is 18.2 Å². The van der Waals surface area contributed by atoms with E-state index in [1.54, 1.807) is 6.07 Å². The largest absolute Gasteiger partial charge is 0.394 e. The number of nitrogens with zero attached hydrogens (tertiary/aromatic N) is 1. The minimum Gasteiger partial charge on any atom is -0.394 e. The molecule has 0 saturated carbocycles. The van der Waals surface area contributed by atoms with Crippen LogP contribution >= 0.6 is 0 Å². The van der Waals surface area contributed by atoms with Gasteiger partial charge in [0.15, 0.2) is 0 Å². The first kappa shape index (κ1) is 12.7. The van der Waals surface area contributed by atoms with E-state index in [4.69, 9.17) is 15.1 Å². The van der Waals surface area contributed by atoms with Crippen molar-refractivity contribution < 1.29 is 9.84 Å². The van der Waals surface area contributed by atoms with Gasteiger partial charge in [0.25, 0.3) is 0 Å². The monoisotopic (exact) mass is 220 g/mol. The molecule has 0 aromatic heterocycles. The van der Waals surface area contributed by atoms with Gasteiger partial charge in [-0.05, 0) is 11.6 Å². The Labute approximate surface area is 95.5 Å². The van der Waals surface area contributed by atoms with Gasteiger partial charge in [-0.25, -0.2) is 0 Å². The van der Waals surface area contributed by atoms with Gasteiger partial charge in [0.2, 0.25) is 0 Å². The topological polar surface area (TPSA) is 65.3 Å². The maximum atomic E-state index is 8.86. The van der Waals surface area contributed by atoms with Crippen LogP contribution in [0, 0.1) is 11.3 Å². The third kappa shape index (κ3) is 4.41. The maximum Gasteiger partial charge on any atom is 0.0995 e. The lowest BCUT2D eigenvalue weighted by atomic mass is 10.1. The van der Waals surface area contributed by atoms with Crippen LogP contribution in [0.15, 0.2) is 24.3 Å². The van der Waals surface area contributed by atoms with Crippen LogP contribution in [0.5, 0.6) is 0 Å². The summed E-state index contributed by atoms with van der Waals surface area (Å²) in [5.74, 6) is 0. The molecule has 2 N–H and O–H groups in total. The van der Waals surface area contributed by atoms with Gasteiger partial charge >= 0.3 is 0 Å².